The van der Waals surface area contributed by atoms with Crippen LogP contribution in [0, 0.1) is 0 Å². The van der Waals surface area contributed by atoms with Crippen LogP contribution in [-0.2, 0) is 0 Å². The van der Waals surface area contributed by atoms with Crippen molar-refractivity contribution in [1.29, 1.82) is 0 Å². The third-order valence-corrected chi connectivity index (χ3v) is 0.598. The van der Waals surface area contributed by atoms with Crippen molar-refractivity contribution >= 4 is 0 Å². The molecule has 0 amide bonds. The minimum absolute atomic E-state index is 0.113. The molecule has 1 aliphatic heterocycles. The standard InChI is InChI=1S/C5H12N2/c1-7-4-2-6-3-5-7/h6H,2-5H2,1H3/i2D2,3D2,4D,5D2/hD. The third-order valence-electron chi connectivity index (χ3n) is 0.598. The average Bonchev–Trinajstić information content (AvgIpc) is 2.12. The van der Waals surface area contributed by atoms with Crippen molar-refractivity contribution in [3.05, 3.63) is 0 Å². The Kier molecular flexibility index (Phi) is 0.356. The molecular weight excluding hydrogens is 88.1 g/mol. The number of nitrogens with one attached hydrogen (secondary N) is 1. The molecule has 1 aliphatic rings. The summed E-state index contributed by atoms with van der Waals surface area (Å²) in [5, 5.41) is -0.113. The normalized spacial score (nSPS) is 77.0. The minimum Gasteiger partial charge on any atom is -0.314 e. The molecule has 7 heavy (non-hydrogen) atoms. The smallest absolute Gasteiger partial charge is 0.122 e. The first-order valence-corrected chi connectivity index (χ1v) is 1.91. The van der Waals surface area contributed by atoms with E-state index in [9.17, 15) is 0 Å². The van der Waals surface area contributed by atoms with E-state index in [0.717, 1.165) is 7.05 Å². The Hall–Kier alpha value is -0.0800. The second-order valence-electron chi connectivity index (χ2n) is 1.20. The maximum Gasteiger partial charge on any atom is 0.122 e. The maximum atomic E-state index is 7.44. The first kappa shape index (κ1) is 1.09. The van der Waals surface area contributed by atoms with Crippen LogP contribution in [0.5, 0.6) is 0 Å². The van der Waals surface area contributed by atoms with Gasteiger partial charge in [-0.25, -0.2) is 0 Å². The summed E-state index contributed by atoms with van der Waals surface area (Å²) < 4.78 is 59.1. The fourth-order valence-electron chi connectivity index (χ4n) is 0.284. The molecule has 1 unspecified atom stereocenters. The van der Waals surface area contributed by atoms with Crippen molar-refractivity contribution in [2.24, 2.45) is 0 Å². The number of hydrogen-bond donors (Lipinski definition) is 1. The molecule has 0 spiro atoms. The highest BCUT2D eigenvalue weighted by molar-refractivity contribution is 4.62. The summed E-state index contributed by atoms with van der Waals surface area (Å²) in [4.78, 5) is 0.651. The molecule has 1 heterocycles. The Morgan fingerprint density at radius 2 is 2.71 bits per heavy atom. The summed E-state index contributed by atoms with van der Waals surface area (Å²) in [7, 11) is 1.13. The van der Waals surface area contributed by atoms with Gasteiger partial charge in [-0.05, 0) is 7.05 Å². The molecule has 0 aromatic rings. The minimum atomic E-state index is -2.82. The molecule has 1 fully saturated rings. The molecule has 2 heteroatoms. The Morgan fingerprint density at radius 1 is 1.86 bits per heavy atom. The zero-order chi connectivity index (χ0) is 12.2. The highest BCUT2D eigenvalue weighted by Gasteiger charge is 2.01. The lowest BCUT2D eigenvalue weighted by Gasteiger charge is -2.21. The highest BCUT2D eigenvalue weighted by atomic mass is 15.2. The van der Waals surface area contributed by atoms with Gasteiger partial charge in [0.15, 0.2) is 0 Å². The van der Waals surface area contributed by atoms with E-state index in [1.165, 1.54) is 0 Å². The van der Waals surface area contributed by atoms with Crippen LogP contribution in [0.4, 0.5) is 0 Å². The highest BCUT2D eigenvalue weighted by Crippen LogP contribution is 1.82. The van der Waals surface area contributed by atoms with Gasteiger partial charge in [0.2, 0.25) is 0 Å². The first-order chi connectivity index (χ1) is 6.47. The fourth-order valence-corrected chi connectivity index (χ4v) is 0.284. The molecule has 1 saturated heterocycles. The number of nitrogens with zero attached hydrogens (tertiary/aromatic N) is 1. The van der Waals surface area contributed by atoms with Gasteiger partial charge in [-0.2, -0.15) is 0 Å². The fraction of sp³-hybridized carbons (Fsp3) is 1.00. The monoisotopic (exact) mass is 108 g/mol. The lowest BCUT2D eigenvalue weighted by Crippen LogP contribution is -2.40. The zero-order valence-corrected chi connectivity index (χ0v) is 3.97. The first-order valence-electron chi connectivity index (χ1n) is 5.94. The molecule has 2 nitrogen and oxygen atoms in total. The Bertz CT molecular complexity index is 266. The van der Waals surface area contributed by atoms with Crippen LogP contribution < -0.4 is 5.31 Å². The summed E-state index contributed by atoms with van der Waals surface area (Å²) in [6, 6.07) is 0. The molecule has 1 rings (SSSR count). The van der Waals surface area contributed by atoms with Crippen LogP contribution >= 0.6 is 0 Å². The van der Waals surface area contributed by atoms with E-state index < -0.39 is 26.0 Å². The van der Waals surface area contributed by atoms with E-state index in [2.05, 4.69) is 0 Å². The predicted molar refractivity (Wildman–Crippen MR) is 30.4 cm³/mol. The van der Waals surface area contributed by atoms with Crippen molar-refractivity contribution in [2.45, 2.75) is 0 Å². The Labute approximate surface area is 55.8 Å². The molecule has 0 radical (unpaired) electrons. The summed E-state index contributed by atoms with van der Waals surface area (Å²) in [6.07, 6.45) is 0. The van der Waals surface area contributed by atoms with Crippen molar-refractivity contribution in [3.8, 4) is 0 Å². The van der Waals surface area contributed by atoms with E-state index >= 15 is 0 Å². The van der Waals surface area contributed by atoms with Crippen LogP contribution in [0.25, 0.3) is 0 Å². The summed E-state index contributed by atoms with van der Waals surface area (Å²) in [5.74, 6) is 0. The van der Waals surface area contributed by atoms with Crippen LogP contribution in [0.3, 0.4) is 0 Å². The molecule has 1 N–H and O–H groups in total. The van der Waals surface area contributed by atoms with Gasteiger partial charge < -0.3 is 10.2 Å². The molecule has 0 aromatic heterocycles. The van der Waals surface area contributed by atoms with Crippen molar-refractivity contribution in [1.82, 2.24) is 10.2 Å². The van der Waals surface area contributed by atoms with E-state index in [0.29, 0.717) is 4.90 Å². The summed E-state index contributed by atoms with van der Waals surface area (Å²) in [6.45, 7) is -9.63. The van der Waals surface area contributed by atoms with Crippen molar-refractivity contribution < 1.29 is 11.0 Å². The molecule has 0 saturated carbocycles. The lowest BCUT2D eigenvalue weighted by atomic mass is 10.4. The molecule has 1 atom stereocenters. The number of hydrogen-bond acceptors (Lipinski definition) is 2. The molecule has 0 aromatic carbocycles. The molecule has 0 bridgehead atoms. The van der Waals surface area contributed by atoms with Crippen LogP contribution in [-0.4, -0.2) is 38.0 Å². The zero-order valence-electron chi connectivity index (χ0n) is 12.0. The van der Waals surface area contributed by atoms with Crippen LogP contribution in [0.15, 0.2) is 0 Å². The molecule has 42 valence electrons. The van der Waals surface area contributed by atoms with Gasteiger partial charge in [-0.15, -0.1) is 0 Å². The van der Waals surface area contributed by atoms with Gasteiger partial charge in [0.05, 0.1) is 0 Å². The van der Waals surface area contributed by atoms with Gasteiger partial charge in [-0.1, -0.05) is 0 Å². The third kappa shape index (κ3) is 1.45. The lowest BCUT2D eigenvalue weighted by molar-refractivity contribution is 0.291. The quantitative estimate of drug-likeness (QED) is 0.451. The maximum absolute atomic E-state index is 7.44. The van der Waals surface area contributed by atoms with E-state index in [1.54, 1.807) is 0 Å². The number of piperazine rings is 1. The second kappa shape index (κ2) is 2.28. The van der Waals surface area contributed by atoms with Crippen LogP contribution in [0.1, 0.15) is 9.60 Å². The van der Waals surface area contributed by atoms with Gasteiger partial charge >= 0.3 is 0 Å². The molecular formula is C5H12N2. The van der Waals surface area contributed by atoms with Gasteiger partial charge in [-0.3, -0.25) is 0 Å². The van der Waals surface area contributed by atoms with Crippen LogP contribution in [0.2, 0.25) is 1.41 Å². The van der Waals surface area contributed by atoms with Gasteiger partial charge in [0.1, 0.15) is 1.41 Å². The van der Waals surface area contributed by atoms with Crippen molar-refractivity contribution in [2.75, 3.05) is 33.1 Å². The largest absolute Gasteiger partial charge is 0.314 e. The molecule has 0 aliphatic carbocycles. The number of rotatable bonds is 0. The van der Waals surface area contributed by atoms with E-state index in [4.69, 9.17) is 11.0 Å². The summed E-state index contributed by atoms with van der Waals surface area (Å²) in [5.41, 5.74) is 0. The number of likely N-dealkylation sites (N-methyl/N-ethyl adjacent to an activating group) is 1. The van der Waals surface area contributed by atoms with Gasteiger partial charge in [0, 0.05) is 35.6 Å². The van der Waals surface area contributed by atoms with Crippen molar-refractivity contribution in [3.63, 3.8) is 0 Å². The Balaban J connectivity index is 3.24. The van der Waals surface area contributed by atoms with E-state index in [1.807, 2.05) is 0 Å². The summed E-state index contributed by atoms with van der Waals surface area (Å²) >= 11 is 0. The predicted octanol–water partition coefficient (Wildman–Crippen LogP) is -0.479. The Morgan fingerprint density at radius 3 is 3.57 bits per heavy atom. The van der Waals surface area contributed by atoms with E-state index in [-0.39, 0.29) is 5.31 Å². The topological polar surface area (TPSA) is 15.3 Å². The van der Waals surface area contributed by atoms with Gasteiger partial charge in [0.25, 0.3) is 0 Å². The average molecular weight is 108 g/mol. The second-order valence-corrected chi connectivity index (χ2v) is 1.20. The SMILES string of the molecule is [2H]C1N(C)C([2H])([2H])C([2H])([2H])N([2H])C1([2H])[2H].